The van der Waals surface area contributed by atoms with Crippen molar-refractivity contribution in [1.29, 1.82) is 5.26 Å². The fourth-order valence-corrected chi connectivity index (χ4v) is 1.81. The molecule has 0 saturated carbocycles. The van der Waals surface area contributed by atoms with Crippen LogP contribution in [0.1, 0.15) is 24.7 Å². The Morgan fingerprint density at radius 3 is 2.94 bits per heavy atom. The largest absolute Gasteiger partial charge is 0.396 e. The van der Waals surface area contributed by atoms with Gasteiger partial charge >= 0.3 is 0 Å². The van der Waals surface area contributed by atoms with Crippen LogP contribution in [0, 0.1) is 17.2 Å². The lowest BCUT2D eigenvalue weighted by Crippen LogP contribution is -2.14. The molecule has 0 aliphatic rings. The van der Waals surface area contributed by atoms with Gasteiger partial charge < -0.3 is 9.84 Å². The summed E-state index contributed by atoms with van der Waals surface area (Å²) < 4.78 is 6.89. The van der Waals surface area contributed by atoms with Crippen molar-refractivity contribution in [3.8, 4) is 6.07 Å². The van der Waals surface area contributed by atoms with Gasteiger partial charge in [-0.15, -0.1) is 5.10 Å². The van der Waals surface area contributed by atoms with Crippen molar-refractivity contribution in [2.75, 3.05) is 20.3 Å². The van der Waals surface area contributed by atoms with E-state index >= 15 is 0 Å². The monoisotopic (exact) mass is 252 g/mol. The molecule has 1 aromatic rings. The summed E-state index contributed by atoms with van der Waals surface area (Å²) in [6.45, 7) is 3.52. The zero-order valence-corrected chi connectivity index (χ0v) is 11.0. The summed E-state index contributed by atoms with van der Waals surface area (Å²) in [5, 5.41) is 25.8. The maximum atomic E-state index is 8.91. The van der Waals surface area contributed by atoms with E-state index in [9.17, 15) is 0 Å². The van der Waals surface area contributed by atoms with E-state index < -0.39 is 0 Å². The van der Waals surface area contributed by atoms with Crippen LogP contribution in [-0.2, 0) is 24.1 Å². The molecule has 6 heteroatoms. The molecule has 0 bridgehead atoms. The highest BCUT2D eigenvalue weighted by molar-refractivity contribution is 5.14. The number of ether oxygens (including phenoxy) is 1. The fraction of sp³-hybridized carbons (Fsp3) is 0.750. The third-order valence-electron chi connectivity index (χ3n) is 2.81. The Balaban J connectivity index is 2.79. The third-order valence-corrected chi connectivity index (χ3v) is 2.81. The van der Waals surface area contributed by atoms with Gasteiger partial charge in [-0.25, -0.2) is 4.68 Å². The maximum absolute atomic E-state index is 8.91. The van der Waals surface area contributed by atoms with E-state index in [-0.39, 0.29) is 13.0 Å². The van der Waals surface area contributed by atoms with Gasteiger partial charge in [0.2, 0.25) is 0 Å². The zero-order valence-electron chi connectivity index (χ0n) is 11.0. The third kappa shape index (κ3) is 4.09. The Labute approximate surface area is 107 Å². The second-order valence-electron chi connectivity index (χ2n) is 4.36. The number of aliphatic hydroxyl groups excluding tert-OH is 1. The fourth-order valence-electron chi connectivity index (χ4n) is 1.81. The summed E-state index contributed by atoms with van der Waals surface area (Å²) in [5.74, 6) is 0.327. The summed E-state index contributed by atoms with van der Waals surface area (Å²) in [6.07, 6.45) is 1.71. The summed E-state index contributed by atoms with van der Waals surface area (Å²) in [7, 11) is 1.65. The molecule has 0 aliphatic heterocycles. The Kier molecular flexibility index (Phi) is 6.33. The summed E-state index contributed by atoms with van der Waals surface area (Å²) in [5.41, 5.74) is 1.69. The van der Waals surface area contributed by atoms with E-state index in [1.165, 1.54) is 0 Å². The Morgan fingerprint density at radius 1 is 1.56 bits per heavy atom. The molecule has 0 aliphatic carbocycles. The van der Waals surface area contributed by atoms with E-state index in [0.717, 1.165) is 17.8 Å². The molecule has 0 saturated heterocycles. The molecule has 100 valence electrons. The molecular weight excluding hydrogens is 232 g/mol. The van der Waals surface area contributed by atoms with Crippen LogP contribution in [-0.4, -0.2) is 40.4 Å². The predicted octanol–water partition coefficient (Wildman–Crippen LogP) is 0.552. The van der Waals surface area contributed by atoms with Crippen molar-refractivity contribution in [3.63, 3.8) is 0 Å². The number of nitriles is 1. The van der Waals surface area contributed by atoms with E-state index in [1.54, 1.807) is 7.11 Å². The zero-order chi connectivity index (χ0) is 13.4. The lowest BCUT2D eigenvalue weighted by molar-refractivity contribution is 0.198. The SMILES string of the molecule is COCCc1c(CC#N)nnn1CC(C)CCO. The van der Waals surface area contributed by atoms with Crippen molar-refractivity contribution < 1.29 is 9.84 Å². The van der Waals surface area contributed by atoms with Crippen molar-refractivity contribution in [2.24, 2.45) is 5.92 Å². The van der Waals surface area contributed by atoms with Gasteiger partial charge in [0.25, 0.3) is 0 Å². The molecule has 1 N–H and O–H groups in total. The highest BCUT2D eigenvalue weighted by Crippen LogP contribution is 2.12. The van der Waals surface area contributed by atoms with Gasteiger partial charge in [0.15, 0.2) is 0 Å². The molecule has 0 fully saturated rings. The van der Waals surface area contributed by atoms with Gasteiger partial charge in [0.05, 0.1) is 24.8 Å². The minimum absolute atomic E-state index is 0.175. The number of nitrogens with zero attached hydrogens (tertiary/aromatic N) is 4. The molecule has 0 amide bonds. The molecule has 18 heavy (non-hydrogen) atoms. The van der Waals surface area contributed by atoms with Crippen LogP contribution in [0.2, 0.25) is 0 Å². The van der Waals surface area contributed by atoms with Crippen molar-refractivity contribution in [3.05, 3.63) is 11.4 Å². The van der Waals surface area contributed by atoms with E-state index in [0.29, 0.717) is 25.5 Å². The molecule has 1 rings (SSSR count). The van der Waals surface area contributed by atoms with Crippen LogP contribution >= 0.6 is 0 Å². The van der Waals surface area contributed by atoms with Crippen molar-refractivity contribution in [1.82, 2.24) is 15.0 Å². The van der Waals surface area contributed by atoms with Crippen LogP contribution in [0.3, 0.4) is 0 Å². The number of hydrogen-bond donors (Lipinski definition) is 1. The van der Waals surface area contributed by atoms with E-state index in [1.807, 2.05) is 4.68 Å². The van der Waals surface area contributed by atoms with Gasteiger partial charge in [0, 0.05) is 26.7 Å². The lowest BCUT2D eigenvalue weighted by atomic mass is 10.1. The number of aromatic nitrogens is 3. The van der Waals surface area contributed by atoms with Crippen LogP contribution in [0.15, 0.2) is 0 Å². The van der Waals surface area contributed by atoms with Crippen LogP contribution in [0.25, 0.3) is 0 Å². The standard InChI is InChI=1S/C12H20N4O2/c1-10(4-7-17)9-16-12(5-8-18-2)11(3-6-13)14-15-16/h10,17H,3-5,7-9H2,1-2H3. The Morgan fingerprint density at radius 2 is 2.33 bits per heavy atom. The predicted molar refractivity (Wildman–Crippen MR) is 65.8 cm³/mol. The van der Waals surface area contributed by atoms with Crippen molar-refractivity contribution in [2.45, 2.75) is 32.7 Å². The minimum Gasteiger partial charge on any atom is -0.396 e. The molecule has 1 heterocycles. The highest BCUT2D eigenvalue weighted by atomic mass is 16.5. The first-order valence-electron chi connectivity index (χ1n) is 6.10. The topological polar surface area (TPSA) is 84.0 Å². The molecule has 0 spiro atoms. The number of aliphatic hydroxyl groups is 1. The number of methoxy groups -OCH3 is 1. The first-order valence-corrected chi connectivity index (χ1v) is 6.10. The van der Waals surface area contributed by atoms with Gasteiger partial charge in [-0.05, 0) is 12.3 Å². The highest BCUT2D eigenvalue weighted by Gasteiger charge is 2.14. The summed E-state index contributed by atoms with van der Waals surface area (Å²) in [6, 6.07) is 2.10. The molecule has 1 atom stereocenters. The van der Waals surface area contributed by atoms with Crippen LogP contribution in [0.4, 0.5) is 0 Å². The lowest BCUT2D eigenvalue weighted by Gasteiger charge is -2.12. The van der Waals surface area contributed by atoms with Gasteiger partial charge in [-0.3, -0.25) is 0 Å². The summed E-state index contributed by atoms with van der Waals surface area (Å²) >= 11 is 0. The molecule has 0 aromatic carbocycles. The van der Waals surface area contributed by atoms with Gasteiger partial charge in [-0.1, -0.05) is 12.1 Å². The van der Waals surface area contributed by atoms with Crippen LogP contribution < -0.4 is 0 Å². The average Bonchev–Trinajstić information content (AvgIpc) is 2.70. The van der Waals surface area contributed by atoms with E-state index in [2.05, 4.69) is 23.3 Å². The molecule has 0 radical (unpaired) electrons. The second-order valence-corrected chi connectivity index (χ2v) is 4.36. The Bertz CT molecular complexity index is 397. The minimum atomic E-state index is 0.175. The van der Waals surface area contributed by atoms with Crippen molar-refractivity contribution >= 4 is 0 Å². The first kappa shape index (κ1) is 14.6. The number of rotatable bonds is 8. The molecule has 1 unspecified atom stereocenters. The Hall–Kier alpha value is -1.45. The van der Waals surface area contributed by atoms with Crippen LogP contribution in [0.5, 0.6) is 0 Å². The summed E-state index contributed by atoms with van der Waals surface area (Å²) in [4.78, 5) is 0. The van der Waals surface area contributed by atoms with Gasteiger partial charge in [0.1, 0.15) is 5.69 Å². The van der Waals surface area contributed by atoms with Gasteiger partial charge in [-0.2, -0.15) is 5.26 Å². The van der Waals surface area contributed by atoms with E-state index in [4.69, 9.17) is 15.1 Å². The molecular formula is C12H20N4O2. The maximum Gasteiger partial charge on any atom is 0.100 e. The normalized spacial score (nSPS) is 12.3. The average molecular weight is 252 g/mol. The second kappa shape index (κ2) is 7.80. The first-order chi connectivity index (χ1) is 8.72. The number of hydrogen-bond acceptors (Lipinski definition) is 5. The molecule has 6 nitrogen and oxygen atoms in total. The molecule has 1 aromatic heterocycles. The quantitative estimate of drug-likeness (QED) is 0.730. The smallest absolute Gasteiger partial charge is 0.100 e.